The lowest BCUT2D eigenvalue weighted by atomic mass is 10.1. The van der Waals surface area contributed by atoms with Gasteiger partial charge in [-0.05, 0) is 54.8 Å². The lowest BCUT2D eigenvalue weighted by Crippen LogP contribution is -2.35. The molecule has 2 aromatic carbocycles. The number of anilines is 1. The van der Waals surface area contributed by atoms with Crippen molar-refractivity contribution >= 4 is 39.3 Å². The van der Waals surface area contributed by atoms with Crippen LogP contribution in [0.4, 0.5) is 5.69 Å². The summed E-state index contributed by atoms with van der Waals surface area (Å²) in [5.74, 6) is -0.874. The van der Waals surface area contributed by atoms with Crippen molar-refractivity contribution in [2.45, 2.75) is 24.2 Å². The summed E-state index contributed by atoms with van der Waals surface area (Å²) >= 11 is 5.95. The highest BCUT2D eigenvalue weighted by Gasteiger charge is 2.26. The fraction of sp³-hybridized carbons (Fsp3) is 0.273. The van der Waals surface area contributed by atoms with Gasteiger partial charge in [0.15, 0.2) is 11.5 Å². The molecule has 1 aliphatic heterocycles. The molecule has 0 spiro atoms. The van der Waals surface area contributed by atoms with Crippen molar-refractivity contribution in [2.24, 2.45) is 0 Å². The first-order valence-corrected chi connectivity index (χ1v) is 11.7. The Labute approximate surface area is 191 Å². The van der Waals surface area contributed by atoms with E-state index in [1.165, 1.54) is 47.8 Å². The second-order valence-corrected chi connectivity index (χ2v) is 9.52. The average molecular weight is 476 g/mol. The minimum absolute atomic E-state index is 0.00363. The van der Waals surface area contributed by atoms with Crippen molar-refractivity contribution in [1.29, 1.82) is 5.26 Å². The van der Waals surface area contributed by atoms with Gasteiger partial charge >= 0.3 is 0 Å². The summed E-state index contributed by atoms with van der Waals surface area (Å²) in [6, 6.07) is 10.6. The number of nitrogens with zero attached hydrogens (tertiary/aromatic N) is 2. The van der Waals surface area contributed by atoms with Crippen LogP contribution >= 0.6 is 11.6 Å². The molecule has 32 heavy (non-hydrogen) atoms. The fourth-order valence-electron chi connectivity index (χ4n) is 3.34. The quantitative estimate of drug-likeness (QED) is 0.484. The number of ether oxygens (including phenoxy) is 1. The van der Waals surface area contributed by atoms with E-state index in [4.69, 9.17) is 16.3 Å². The predicted molar refractivity (Wildman–Crippen MR) is 121 cm³/mol. The van der Waals surface area contributed by atoms with Gasteiger partial charge in [-0.3, -0.25) is 4.79 Å². The van der Waals surface area contributed by atoms with Gasteiger partial charge < -0.3 is 15.2 Å². The van der Waals surface area contributed by atoms with Crippen LogP contribution < -0.4 is 10.1 Å². The summed E-state index contributed by atoms with van der Waals surface area (Å²) < 4.78 is 32.2. The molecule has 0 atom stereocenters. The van der Waals surface area contributed by atoms with Crippen molar-refractivity contribution in [3.8, 4) is 17.6 Å². The summed E-state index contributed by atoms with van der Waals surface area (Å²) in [4.78, 5) is 12.7. The molecule has 2 aromatic rings. The lowest BCUT2D eigenvalue weighted by molar-refractivity contribution is -0.112. The number of rotatable bonds is 6. The molecule has 0 aromatic heterocycles. The van der Waals surface area contributed by atoms with Crippen LogP contribution in [0.5, 0.6) is 11.5 Å². The maximum Gasteiger partial charge on any atom is 0.266 e. The molecule has 0 radical (unpaired) electrons. The molecule has 1 saturated heterocycles. The van der Waals surface area contributed by atoms with Crippen LogP contribution in [0, 0.1) is 11.3 Å². The molecule has 1 amide bonds. The third-order valence-electron chi connectivity index (χ3n) is 4.99. The number of aromatic hydroxyl groups is 1. The Hall–Kier alpha value is -3.06. The zero-order valence-corrected chi connectivity index (χ0v) is 18.9. The number of phenolic OH excluding ortho intramolecular Hbond substituents is 1. The molecule has 8 nitrogen and oxygen atoms in total. The van der Waals surface area contributed by atoms with Gasteiger partial charge in [-0.15, -0.1) is 0 Å². The number of amides is 1. The molecule has 10 heteroatoms. The highest BCUT2D eigenvalue weighted by atomic mass is 35.5. The first-order chi connectivity index (χ1) is 15.3. The maximum atomic E-state index is 12.9. The largest absolute Gasteiger partial charge is 0.503 e. The first-order valence-electron chi connectivity index (χ1n) is 9.86. The number of benzene rings is 2. The van der Waals surface area contributed by atoms with Crippen LogP contribution in [0.25, 0.3) is 6.08 Å². The lowest BCUT2D eigenvalue weighted by Gasteiger charge is -2.26. The molecule has 168 valence electrons. The van der Waals surface area contributed by atoms with Gasteiger partial charge in [0.1, 0.15) is 11.6 Å². The fourth-order valence-corrected chi connectivity index (χ4v) is 5.12. The van der Waals surface area contributed by atoms with E-state index in [0.29, 0.717) is 18.7 Å². The Kier molecular flexibility index (Phi) is 7.40. The molecule has 1 aliphatic rings. The third kappa shape index (κ3) is 5.22. The molecule has 0 saturated carbocycles. The molecule has 1 heterocycles. The Morgan fingerprint density at radius 2 is 1.97 bits per heavy atom. The second kappa shape index (κ2) is 10.0. The highest BCUT2D eigenvalue weighted by Crippen LogP contribution is 2.35. The predicted octanol–water partition coefficient (Wildman–Crippen LogP) is 3.77. The molecule has 3 rings (SSSR count). The van der Waals surface area contributed by atoms with E-state index >= 15 is 0 Å². The smallest absolute Gasteiger partial charge is 0.266 e. The van der Waals surface area contributed by atoms with Gasteiger partial charge in [0, 0.05) is 18.8 Å². The van der Waals surface area contributed by atoms with Crippen LogP contribution in [0.2, 0.25) is 5.02 Å². The van der Waals surface area contributed by atoms with Gasteiger partial charge in [-0.2, -0.15) is 9.57 Å². The van der Waals surface area contributed by atoms with E-state index in [9.17, 15) is 23.6 Å². The number of halogens is 1. The Morgan fingerprint density at radius 1 is 1.25 bits per heavy atom. The van der Waals surface area contributed by atoms with Crippen LogP contribution in [-0.2, 0) is 14.8 Å². The summed E-state index contributed by atoms with van der Waals surface area (Å²) in [5.41, 5.74) is 0.381. The third-order valence-corrected chi connectivity index (χ3v) is 7.17. The number of sulfonamides is 1. The van der Waals surface area contributed by atoms with Gasteiger partial charge in [-0.25, -0.2) is 8.42 Å². The zero-order valence-electron chi connectivity index (χ0n) is 17.3. The van der Waals surface area contributed by atoms with Gasteiger partial charge in [0.25, 0.3) is 5.91 Å². The van der Waals surface area contributed by atoms with Crippen LogP contribution in [0.3, 0.4) is 0 Å². The number of hydrogen-bond acceptors (Lipinski definition) is 6. The van der Waals surface area contributed by atoms with E-state index in [-0.39, 0.29) is 32.7 Å². The number of nitriles is 1. The molecule has 1 fully saturated rings. The number of methoxy groups -OCH3 is 1. The number of piperidine rings is 1. The van der Waals surface area contributed by atoms with Crippen LogP contribution in [-0.4, -0.2) is 43.9 Å². The van der Waals surface area contributed by atoms with Crippen molar-refractivity contribution in [3.05, 3.63) is 52.6 Å². The maximum absolute atomic E-state index is 12.9. The molecule has 0 bridgehead atoms. The topological polar surface area (TPSA) is 120 Å². The molecular formula is C22H22ClN3O5S. The number of carbonyl (C=O) groups excluding carboxylic acids is 1. The Morgan fingerprint density at radius 3 is 2.62 bits per heavy atom. The SMILES string of the molecule is COc1cc(/C=C(\C#N)C(=O)Nc2cccc(S(=O)(=O)N3CCCCC3)c2)cc(Cl)c1O. The van der Waals surface area contributed by atoms with Crippen molar-refractivity contribution in [1.82, 2.24) is 4.31 Å². The molecule has 0 aliphatic carbocycles. The summed E-state index contributed by atoms with van der Waals surface area (Å²) in [7, 11) is -2.31. The number of nitrogens with one attached hydrogen (secondary N) is 1. The Balaban J connectivity index is 1.83. The summed E-state index contributed by atoms with van der Waals surface area (Å²) in [6.07, 6.45) is 3.93. The van der Waals surface area contributed by atoms with Crippen LogP contribution in [0.15, 0.2) is 46.9 Å². The van der Waals surface area contributed by atoms with Crippen molar-refractivity contribution in [2.75, 3.05) is 25.5 Å². The molecular weight excluding hydrogens is 454 g/mol. The number of carbonyl (C=O) groups is 1. The first kappa shape index (κ1) is 23.6. The van der Waals surface area contributed by atoms with Gasteiger partial charge in [0.2, 0.25) is 10.0 Å². The average Bonchev–Trinajstić information content (AvgIpc) is 2.80. The van der Waals surface area contributed by atoms with Gasteiger partial charge in [-0.1, -0.05) is 24.1 Å². The minimum atomic E-state index is -3.66. The highest BCUT2D eigenvalue weighted by molar-refractivity contribution is 7.89. The monoisotopic (exact) mass is 475 g/mol. The van der Waals surface area contributed by atoms with Crippen molar-refractivity contribution < 1.29 is 23.1 Å². The number of phenols is 1. The van der Waals surface area contributed by atoms with E-state index < -0.39 is 15.9 Å². The van der Waals surface area contributed by atoms with E-state index in [2.05, 4.69) is 5.32 Å². The van der Waals surface area contributed by atoms with E-state index in [1.54, 1.807) is 6.07 Å². The van der Waals surface area contributed by atoms with Crippen molar-refractivity contribution in [3.63, 3.8) is 0 Å². The standard InChI is InChI=1S/C22H22ClN3O5S/c1-31-20-12-15(11-19(23)21(20)27)10-16(14-24)22(28)25-17-6-5-7-18(13-17)32(29,30)26-8-3-2-4-9-26/h5-7,10-13,27H,2-4,8-9H2,1H3,(H,25,28)/b16-10+. The van der Waals surface area contributed by atoms with Crippen LogP contribution in [0.1, 0.15) is 24.8 Å². The summed E-state index contributed by atoms with van der Waals surface area (Å²) in [5, 5.41) is 21.8. The zero-order chi connectivity index (χ0) is 23.3. The van der Waals surface area contributed by atoms with E-state index in [1.807, 2.05) is 6.07 Å². The van der Waals surface area contributed by atoms with Gasteiger partial charge in [0.05, 0.1) is 17.0 Å². The molecule has 0 unspecified atom stereocenters. The Bertz CT molecular complexity index is 1200. The number of hydrogen-bond donors (Lipinski definition) is 2. The van der Waals surface area contributed by atoms with E-state index in [0.717, 1.165) is 19.3 Å². The molecule has 2 N–H and O–H groups in total. The minimum Gasteiger partial charge on any atom is -0.503 e. The normalized spacial score (nSPS) is 15.1. The summed E-state index contributed by atoms with van der Waals surface area (Å²) in [6.45, 7) is 0.942. The second-order valence-electron chi connectivity index (χ2n) is 7.17.